The van der Waals surface area contributed by atoms with Crippen LogP contribution in [0.4, 0.5) is 0 Å². The van der Waals surface area contributed by atoms with Crippen LogP contribution < -0.4 is 4.74 Å². The summed E-state index contributed by atoms with van der Waals surface area (Å²) in [4.78, 5) is 0. The normalized spacial score (nSPS) is 12.2. The molecule has 0 aliphatic heterocycles. The van der Waals surface area contributed by atoms with Crippen LogP contribution in [-0.2, 0) is 0 Å². The lowest BCUT2D eigenvalue weighted by Crippen LogP contribution is -2.04. The van der Waals surface area contributed by atoms with Gasteiger partial charge in [-0.25, -0.2) is 0 Å². The third-order valence-electron chi connectivity index (χ3n) is 4.04. The minimum Gasteiger partial charge on any atom is -0.491 e. The van der Waals surface area contributed by atoms with Crippen LogP contribution in [0, 0.1) is 13.8 Å². The smallest absolute Gasteiger partial charge is 0.141 e. The van der Waals surface area contributed by atoms with Gasteiger partial charge in [0.1, 0.15) is 24.2 Å². The van der Waals surface area contributed by atoms with Crippen molar-refractivity contribution in [2.45, 2.75) is 20.0 Å². The molecular weight excluding hydrogens is 318 g/mol. The molecule has 0 radical (unpaired) electrons. The number of rotatable bonds is 6. The van der Waals surface area contributed by atoms with Gasteiger partial charge in [0.15, 0.2) is 0 Å². The summed E-state index contributed by atoms with van der Waals surface area (Å²) in [5.74, 6) is 1.29. The molecule has 0 saturated heterocycles. The first-order chi connectivity index (χ1) is 12.1. The fourth-order valence-corrected chi connectivity index (χ4v) is 2.89. The lowest BCUT2D eigenvalue weighted by molar-refractivity contribution is 0.199. The summed E-state index contributed by atoms with van der Waals surface area (Å²) in [5.41, 5.74) is 4.02. The van der Waals surface area contributed by atoms with Crippen LogP contribution in [0.3, 0.4) is 0 Å². The molecule has 2 N–H and O–H groups in total. The van der Waals surface area contributed by atoms with E-state index >= 15 is 0 Å². The highest BCUT2D eigenvalue weighted by Gasteiger charge is 2.17. The fourth-order valence-electron chi connectivity index (χ4n) is 2.89. The first-order valence-corrected chi connectivity index (χ1v) is 8.15. The summed E-state index contributed by atoms with van der Waals surface area (Å²) < 4.78 is 10.9. The SMILES string of the molecule is Cc1noc(C)c1-c1cc(OCCO)cc(C(O)c2ccccc2)c1. The third kappa shape index (κ3) is 3.73. The molecule has 0 spiro atoms. The molecule has 1 atom stereocenters. The molecule has 0 aliphatic rings. The molecule has 0 aliphatic carbocycles. The molecule has 0 bridgehead atoms. The van der Waals surface area contributed by atoms with Crippen molar-refractivity contribution in [2.75, 3.05) is 13.2 Å². The summed E-state index contributed by atoms with van der Waals surface area (Å²) in [6, 6.07) is 15.0. The van der Waals surface area contributed by atoms with Crippen LogP contribution in [0.5, 0.6) is 5.75 Å². The monoisotopic (exact) mass is 339 g/mol. The predicted octanol–water partition coefficient (Wildman–Crippen LogP) is 3.41. The van der Waals surface area contributed by atoms with Crippen LogP contribution in [0.15, 0.2) is 53.1 Å². The maximum absolute atomic E-state index is 10.8. The molecule has 5 heteroatoms. The van der Waals surface area contributed by atoms with Crippen LogP contribution in [0.25, 0.3) is 11.1 Å². The topological polar surface area (TPSA) is 75.7 Å². The van der Waals surface area contributed by atoms with Gasteiger partial charge in [-0.2, -0.15) is 0 Å². The Morgan fingerprint density at radius 1 is 1.08 bits per heavy atom. The molecule has 1 heterocycles. The number of nitrogens with zero attached hydrogens (tertiary/aromatic N) is 1. The second-order valence-corrected chi connectivity index (χ2v) is 5.88. The molecule has 0 amide bonds. The summed E-state index contributed by atoms with van der Waals surface area (Å²) in [5, 5.41) is 23.8. The quantitative estimate of drug-likeness (QED) is 0.720. The number of aryl methyl sites for hydroxylation is 2. The van der Waals surface area contributed by atoms with Crippen LogP contribution in [0.1, 0.15) is 28.7 Å². The van der Waals surface area contributed by atoms with Crippen molar-refractivity contribution in [3.63, 3.8) is 0 Å². The van der Waals surface area contributed by atoms with Gasteiger partial charge in [0.05, 0.1) is 12.3 Å². The van der Waals surface area contributed by atoms with E-state index in [0.717, 1.165) is 22.4 Å². The Labute approximate surface area is 146 Å². The molecule has 130 valence electrons. The molecule has 1 unspecified atom stereocenters. The zero-order valence-corrected chi connectivity index (χ0v) is 14.3. The fraction of sp³-hybridized carbons (Fsp3) is 0.250. The predicted molar refractivity (Wildman–Crippen MR) is 94.5 cm³/mol. The van der Waals surface area contributed by atoms with E-state index in [4.69, 9.17) is 14.4 Å². The molecule has 0 fully saturated rings. The lowest BCUT2D eigenvalue weighted by atomic mass is 9.96. The van der Waals surface area contributed by atoms with Gasteiger partial charge in [0.2, 0.25) is 0 Å². The third-order valence-corrected chi connectivity index (χ3v) is 4.04. The van der Waals surface area contributed by atoms with E-state index in [1.54, 1.807) is 6.07 Å². The van der Waals surface area contributed by atoms with Gasteiger partial charge in [-0.15, -0.1) is 0 Å². The van der Waals surface area contributed by atoms with E-state index in [9.17, 15) is 5.11 Å². The van der Waals surface area contributed by atoms with E-state index < -0.39 is 6.10 Å². The Bertz CT molecular complexity index is 823. The molecule has 5 nitrogen and oxygen atoms in total. The number of hydrogen-bond acceptors (Lipinski definition) is 5. The number of aliphatic hydroxyl groups is 2. The van der Waals surface area contributed by atoms with Gasteiger partial charge < -0.3 is 19.5 Å². The van der Waals surface area contributed by atoms with E-state index in [1.165, 1.54) is 0 Å². The molecular formula is C20H21NO4. The van der Waals surface area contributed by atoms with Crippen molar-refractivity contribution in [1.29, 1.82) is 0 Å². The average Bonchev–Trinajstić information content (AvgIpc) is 2.98. The maximum atomic E-state index is 10.8. The summed E-state index contributed by atoms with van der Waals surface area (Å²) in [6.07, 6.45) is -0.780. The van der Waals surface area contributed by atoms with Gasteiger partial charge in [0, 0.05) is 5.56 Å². The summed E-state index contributed by atoms with van der Waals surface area (Å²) in [7, 11) is 0. The zero-order valence-electron chi connectivity index (χ0n) is 14.3. The molecule has 3 aromatic rings. The van der Waals surface area contributed by atoms with E-state index in [2.05, 4.69) is 5.16 Å². The number of benzene rings is 2. The highest BCUT2D eigenvalue weighted by atomic mass is 16.5. The Morgan fingerprint density at radius 3 is 2.48 bits per heavy atom. The van der Waals surface area contributed by atoms with Gasteiger partial charge in [-0.1, -0.05) is 35.5 Å². The summed E-state index contributed by atoms with van der Waals surface area (Å²) >= 11 is 0. The lowest BCUT2D eigenvalue weighted by Gasteiger charge is -2.15. The standard InChI is InChI=1S/C20H21NO4/c1-13-19(14(2)25-21-13)16-10-17(12-18(11-16)24-9-8-22)20(23)15-6-4-3-5-7-15/h3-7,10-12,20,22-23H,8-9H2,1-2H3. The Hall–Kier alpha value is -2.63. The molecule has 25 heavy (non-hydrogen) atoms. The van der Waals surface area contributed by atoms with Gasteiger partial charge in [-0.3, -0.25) is 0 Å². The highest BCUT2D eigenvalue weighted by Crippen LogP contribution is 2.34. The van der Waals surface area contributed by atoms with Crippen molar-refractivity contribution in [2.24, 2.45) is 0 Å². The van der Waals surface area contributed by atoms with E-state index in [1.807, 2.05) is 56.3 Å². The van der Waals surface area contributed by atoms with Crippen molar-refractivity contribution in [1.82, 2.24) is 5.16 Å². The molecule has 1 aromatic heterocycles. The Morgan fingerprint density at radius 2 is 1.84 bits per heavy atom. The van der Waals surface area contributed by atoms with Crippen LogP contribution in [0.2, 0.25) is 0 Å². The first kappa shape index (κ1) is 17.2. The minimum absolute atomic E-state index is 0.0773. The van der Waals surface area contributed by atoms with Crippen molar-refractivity contribution in [3.05, 3.63) is 71.1 Å². The molecule has 3 rings (SSSR count). The second kappa shape index (κ2) is 7.51. The number of aromatic nitrogens is 1. The van der Waals surface area contributed by atoms with Crippen LogP contribution >= 0.6 is 0 Å². The van der Waals surface area contributed by atoms with Crippen molar-refractivity contribution in [3.8, 4) is 16.9 Å². The van der Waals surface area contributed by atoms with Gasteiger partial charge in [-0.05, 0) is 48.7 Å². The van der Waals surface area contributed by atoms with Crippen molar-refractivity contribution >= 4 is 0 Å². The average molecular weight is 339 g/mol. The summed E-state index contributed by atoms with van der Waals surface area (Å²) in [6.45, 7) is 3.84. The number of hydrogen-bond donors (Lipinski definition) is 2. The zero-order chi connectivity index (χ0) is 17.8. The van der Waals surface area contributed by atoms with E-state index in [0.29, 0.717) is 17.1 Å². The number of ether oxygens (including phenoxy) is 1. The Balaban J connectivity index is 2.07. The van der Waals surface area contributed by atoms with Gasteiger partial charge in [0.25, 0.3) is 0 Å². The minimum atomic E-state index is -0.780. The second-order valence-electron chi connectivity index (χ2n) is 5.88. The van der Waals surface area contributed by atoms with Crippen LogP contribution in [-0.4, -0.2) is 28.6 Å². The maximum Gasteiger partial charge on any atom is 0.141 e. The Kier molecular flexibility index (Phi) is 5.16. The first-order valence-electron chi connectivity index (χ1n) is 8.15. The van der Waals surface area contributed by atoms with Crippen molar-refractivity contribution < 1.29 is 19.5 Å². The highest BCUT2D eigenvalue weighted by molar-refractivity contribution is 5.70. The van der Waals surface area contributed by atoms with Gasteiger partial charge >= 0.3 is 0 Å². The number of aliphatic hydroxyl groups excluding tert-OH is 2. The molecule has 2 aromatic carbocycles. The largest absolute Gasteiger partial charge is 0.491 e. The van der Waals surface area contributed by atoms with E-state index in [-0.39, 0.29) is 13.2 Å². The molecule has 0 saturated carbocycles.